The highest BCUT2D eigenvalue weighted by atomic mass is 32.2. The Morgan fingerprint density at radius 3 is 1.77 bits per heavy atom. The molecule has 0 saturated carbocycles. The molecule has 5 heteroatoms. The van der Waals surface area contributed by atoms with Crippen LogP contribution in [-0.4, -0.2) is 27.7 Å². The summed E-state index contributed by atoms with van der Waals surface area (Å²) in [6, 6.07) is 4.13. The van der Waals surface area contributed by atoms with Crippen LogP contribution in [0.4, 0.5) is 0 Å². The van der Waals surface area contributed by atoms with Gasteiger partial charge in [-0.25, -0.2) is 13.1 Å². The largest absolute Gasteiger partial charge is 0.379 e. The molecule has 0 bridgehead atoms. The highest BCUT2D eigenvalue weighted by Gasteiger charge is 2.26. The van der Waals surface area contributed by atoms with Gasteiger partial charge in [0.15, 0.2) is 0 Å². The topological polar surface area (TPSA) is 55.4 Å². The molecule has 1 rings (SSSR count). The van der Waals surface area contributed by atoms with Crippen molar-refractivity contribution in [1.29, 1.82) is 0 Å². The van der Waals surface area contributed by atoms with Gasteiger partial charge in [-0.1, -0.05) is 53.7 Å². The van der Waals surface area contributed by atoms with E-state index < -0.39 is 10.0 Å². The van der Waals surface area contributed by atoms with Crippen LogP contribution in [0.3, 0.4) is 0 Å². The Morgan fingerprint density at radius 1 is 0.885 bits per heavy atom. The van der Waals surface area contributed by atoms with E-state index in [9.17, 15) is 8.42 Å². The van der Waals surface area contributed by atoms with E-state index >= 15 is 0 Å². The molecule has 1 aromatic carbocycles. The molecule has 26 heavy (non-hydrogen) atoms. The molecule has 0 atom stereocenters. The van der Waals surface area contributed by atoms with Crippen LogP contribution in [0, 0.1) is 0 Å². The van der Waals surface area contributed by atoms with E-state index in [4.69, 9.17) is 4.74 Å². The number of nitrogens with one attached hydrogen (secondary N) is 1. The summed E-state index contributed by atoms with van der Waals surface area (Å²) in [5, 5.41) is 0. The predicted octanol–water partition coefficient (Wildman–Crippen LogP) is 5.15. The molecule has 0 aromatic heterocycles. The fraction of sp³-hybridized carbons (Fsp3) is 0.714. The molecule has 0 unspecified atom stereocenters. The average Bonchev–Trinajstić information content (AvgIpc) is 2.52. The lowest BCUT2D eigenvalue weighted by Crippen LogP contribution is -2.28. The second-order valence-electron chi connectivity index (χ2n) is 8.16. The van der Waals surface area contributed by atoms with Gasteiger partial charge in [-0.2, -0.15) is 0 Å². The minimum atomic E-state index is -3.56. The lowest BCUT2D eigenvalue weighted by molar-refractivity contribution is 0.0778. The Kier molecular flexibility index (Phi) is 8.77. The van der Waals surface area contributed by atoms with Gasteiger partial charge >= 0.3 is 0 Å². The van der Waals surface area contributed by atoms with Gasteiger partial charge in [0.05, 0.1) is 11.0 Å². The van der Waals surface area contributed by atoms with Crippen LogP contribution < -0.4 is 4.72 Å². The number of rotatable bonds is 10. The minimum absolute atomic E-state index is 0.141. The van der Waals surface area contributed by atoms with Crippen LogP contribution >= 0.6 is 0 Å². The third-order valence-corrected chi connectivity index (χ3v) is 6.01. The lowest BCUT2D eigenvalue weighted by Gasteiger charge is -2.23. The highest BCUT2D eigenvalue weighted by molar-refractivity contribution is 7.89. The maximum Gasteiger partial charge on any atom is 0.241 e. The van der Waals surface area contributed by atoms with Crippen molar-refractivity contribution in [3.63, 3.8) is 0 Å². The summed E-state index contributed by atoms with van der Waals surface area (Å²) in [6.45, 7) is 17.4. The molecule has 0 aliphatic rings. The van der Waals surface area contributed by atoms with Crippen molar-refractivity contribution in [2.24, 2.45) is 0 Å². The first-order chi connectivity index (χ1) is 12.0. The fourth-order valence-electron chi connectivity index (χ4n) is 2.87. The first kappa shape index (κ1) is 23.1. The summed E-state index contributed by atoms with van der Waals surface area (Å²) >= 11 is 0. The zero-order valence-electron chi connectivity index (χ0n) is 17.7. The first-order valence-corrected chi connectivity index (χ1v) is 11.2. The second kappa shape index (κ2) is 9.86. The third-order valence-electron chi connectivity index (χ3n) is 4.41. The van der Waals surface area contributed by atoms with Crippen LogP contribution in [0.5, 0.6) is 0 Å². The molecule has 0 amide bonds. The van der Waals surface area contributed by atoms with Gasteiger partial charge in [-0.05, 0) is 54.7 Å². The van der Waals surface area contributed by atoms with Crippen molar-refractivity contribution >= 4 is 10.0 Å². The first-order valence-electron chi connectivity index (χ1n) is 9.76. The molecular weight excluding hydrogens is 346 g/mol. The molecule has 1 N–H and O–H groups in total. The van der Waals surface area contributed by atoms with E-state index in [-0.39, 0.29) is 17.9 Å². The molecule has 0 spiro atoms. The van der Waals surface area contributed by atoms with Gasteiger partial charge < -0.3 is 4.74 Å². The van der Waals surface area contributed by atoms with Crippen LogP contribution in [0.1, 0.15) is 96.3 Å². The van der Waals surface area contributed by atoms with E-state index in [0.29, 0.717) is 30.4 Å². The quantitative estimate of drug-likeness (QED) is 0.568. The van der Waals surface area contributed by atoms with Crippen molar-refractivity contribution in [3.05, 3.63) is 28.8 Å². The summed E-state index contributed by atoms with van der Waals surface area (Å²) in [5.41, 5.74) is 3.01. The Balaban J connectivity index is 3.22. The zero-order valence-corrected chi connectivity index (χ0v) is 18.5. The molecule has 0 aliphatic heterocycles. The van der Waals surface area contributed by atoms with Crippen molar-refractivity contribution in [1.82, 2.24) is 4.72 Å². The van der Waals surface area contributed by atoms with Crippen molar-refractivity contribution in [2.75, 3.05) is 13.2 Å². The molecule has 0 saturated heterocycles. The Bertz CT molecular complexity index is 647. The van der Waals surface area contributed by atoms with Crippen molar-refractivity contribution in [2.45, 2.75) is 90.6 Å². The molecule has 4 nitrogen and oxygen atoms in total. The number of hydrogen-bond donors (Lipinski definition) is 1. The Morgan fingerprint density at radius 2 is 1.38 bits per heavy atom. The molecule has 150 valence electrons. The normalized spacial score (nSPS) is 12.8. The molecule has 0 heterocycles. The van der Waals surface area contributed by atoms with Gasteiger partial charge in [0, 0.05) is 13.2 Å². The van der Waals surface area contributed by atoms with E-state index in [1.165, 1.54) is 5.56 Å². The maximum atomic E-state index is 13.1. The average molecular weight is 384 g/mol. The van der Waals surface area contributed by atoms with E-state index in [0.717, 1.165) is 11.1 Å². The van der Waals surface area contributed by atoms with Gasteiger partial charge in [0.1, 0.15) is 0 Å². The summed E-state index contributed by atoms with van der Waals surface area (Å²) in [7, 11) is -3.56. The third kappa shape index (κ3) is 6.36. The number of hydrogen-bond acceptors (Lipinski definition) is 3. The van der Waals surface area contributed by atoms with Crippen LogP contribution in [0.15, 0.2) is 17.0 Å². The van der Waals surface area contributed by atoms with E-state index in [2.05, 4.69) is 58.4 Å². The smallest absolute Gasteiger partial charge is 0.241 e. The summed E-state index contributed by atoms with van der Waals surface area (Å²) < 4.78 is 34.5. The lowest BCUT2D eigenvalue weighted by atomic mass is 9.89. The zero-order chi connectivity index (χ0) is 20.1. The second-order valence-corrected chi connectivity index (χ2v) is 9.87. The van der Waals surface area contributed by atoms with Crippen LogP contribution in [-0.2, 0) is 14.8 Å². The molecule has 0 radical (unpaired) electrons. The van der Waals surface area contributed by atoms with Crippen LogP contribution in [0.25, 0.3) is 0 Å². The van der Waals surface area contributed by atoms with Crippen molar-refractivity contribution in [3.8, 4) is 0 Å². The Hall–Kier alpha value is -0.910. The SMILES string of the molecule is CC(C)OCCCNS(=O)(=O)c1c(C(C)C)cc(C(C)C)cc1C(C)C. The Labute approximate surface area is 160 Å². The van der Waals surface area contributed by atoms with Gasteiger partial charge in [0.25, 0.3) is 0 Å². The number of sulfonamides is 1. The molecule has 0 fully saturated rings. The van der Waals surface area contributed by atoms with Gasteiger partial charge in [-0.3, -0.25) is 0 Å². The van der Waals surface area contributed by atoms with Gasteiger partial charge in [0.2, 0.25) is 10.0 Å². The van der Waals surface area contributed by atoms with E-state index in [1.54, 1.807) is 0 Å². The van der Waals surface area contributed by atoms with Gasteiger partial charge in [-0.15, -0.1) is 0 Å². The van der Waals surface area contributed by atoms with E-state index in [1.807, 2.05) is 13.8 Å². The molecule has 0 aliphatic carbocycles. The fourth-order valence-corrected chi connectivity index (χ4v) is 4.64. The summed E-state index contributed by atoms with van der Waals surface area (Å²) in [6.07, 6.45) is 0.825. The number of benzene rings is 1. The number of ether oxygens (including phenoxy) is 1. The maximum absolute atomic E-state index is 13.1. The summed E-state index contributed by atoms with van der Waals surface area (Å²) in [5.74, 6) is 0.645. The predicted molar refractivity (Wildman–Crippen MR) is 110 cm³/mol. The van der Waals surface area contributed by atoms with Crippen LogP contribution in [0.2, 0.25) is 0 Å². The highest BCUT2D eigenvalue weighted by Crippen LogP contribution is 2.34. The standard InChI is InChI=1S/C21H37NO3S/c1-14(2)18-12-19(15(3)4)21(20(13-18)16(5)6)26(23,24)22-10-9-11-25-17(7)8/h12-17,22H,9-11H2,1-8H3. The minimum Gasteiger partial charge on any atom is -0.379 e. The molecular formula is C21H37NO3S. The summed E-state index contributed by atoms with van der Waals surface area (Å²) in [4.78, 5) is 0.469. The van der Waals surface area contributed by atoms with Crippen molar-refractivity contribution < 1.29 is 13.2 Å². The molecule has 1 aromatic rings. The monoisotopic (exact) mass is 383 g/mol.